The number of aromatic nitrogens is 2. The van der Waals surface area contributed by atoms with Gasteiger partial charge in [0, 0.05) is 60.4 Å². The minimum atomic E-state index is 0.0197. The molecule has 304 valence electrons. The fourth-order valence-electron chi connectivity index (χ4n) is 7.00. The van der Waals surface area contributed by atoms with Crippen LogP contribution in [0.25, 0.3) is 69.7 Å². The summed E-state index contributed by atoms with van der Waals surface area (Å²) in [5.41, 5.74) is 2.74. The molecule has 0 aliphatic rings. The van der Waals surface area contributed by atoms with Crippen molar-refractivity contribution >= 4 is 100 Å². The highest BCUT2D eigenvalue weighted by Gasteiger charge is 2.28. The molecule has 0 N–H and O–H groups in total. The van der Waals surface area contributed by atoms with E-state index in [1.807, 2.05) is 68.0 Å². The summed E-state index contributed by atoms with van der Waals surface area (Å²) in [5.74, 6) is 0. The van der Waals surface area contributed by atoms with Crippen LogP contribution in [0.5, 0.6) is 0 Å². The molecule has 58 heavy (non-hydrogen) atoms. The summed E-state index contributed by atoms with van der Waals surface area (Å²) >= 11 is 15.2. The van der Waals surface area contributed by atoms with Crippen LogP contribution in [0.2, 0.25) is 0 Å². The second kappa shape index (κ2) is 18.0. The molecule has 0 bridgehead atoms. The third-order valence-corrected chi connectivity index (χ3v) is 20.7. The molecular formula is C48H54N2S8. The Bertz CT molecular complexity index is 2560. The van der Waals surface area contributed by atoms with E-state index >= 15 is 0 Å². The number of thiazole rings is 2. The Morgan fingerprint density at radius 3 is 1.47 bits per heavy atom. The Morgan fingerprint density at radius 1 is 0.431 bits per heavy atom. The maximum Gasteiger partial charge on any atom is 0.155 e. The second-order valence-electron chi connectivity index (χ2n) is 17.3. The van der Waals surface area contributed by atoms with E-state index < -0.39 is 0 Å². The van der Waals surface area contributed by atoms with Crippen LogP contribution in [-0.2, 0) is 23.7 Å². The number of fused-ring (bicyclic) bond motifs is 1. The van der Waals surface area contributed by atoms with E-state index in [1.165, 1.54) is 134 Å². The molecule has 0 saturated heterocycles. The average Bonchev–Trinajstić information content (AvgIpc) is 4.02. The fourth-order valence-corrected chi connectivity index (χ4v) is 16.2. The Morgan fingerprint density at radius 2 is 0.931 bits per heavy atom. The van der Waals surface area contributed by atoms with Crippen LogP contribution in [0.15, 0.2) is 60.7 Å². The Labute approximate surface area is 377 Å². The standard InChI is InChI=1S/C48H54N2S8/c1-9-11-13-15-17-29-19-21-35(51-29)37-25-23-33(53-37)31-27-39(43-49-44-45(57-43)50-46(58-44)48(6,7)8)55-41(31)42-32(28-40(56-42)47(3,4)5)34-24-26-38(54-34)36-22-20-30(52-36)18-16-14-12-10-2/h19-28H,9-18H2,1-8H3. The van der Waals surface area contributed by atoms with Gasteiger partial charge < -0.3 is 0 Å². The molecule has 0 aliphatic heterocycles. The highest BCUT2D eigenvalue weighted by Crippen LogP contribution is 2.54. The van der Waals surface area contributed by atoms with Gasteiger partial charge in [0.1, 0.15) is 10.0 Å². The first-order valence-electron chi connectivity index (χ1n) is 20.8. The lowest BCUT2D eigenvalue weighted by atomic mass is 9.94. The maximum absolute atomic E-state index is 5.24. The molecular weight excluding hydrogens is 861 g/mol. The molecule has 0 fully saturated rings. The fraction of sp³-hybridized carbons (Fsp3) is 0.417. The smallest absolute Gasteiger partial charge is 0.155 e. The number of hydrogen-bond donors (Lipinski definition) is 0. The lowest BCUT2D eigenvalue weighted by Crippen LogP contribution is -2.09. The van der Waals surface area contributed by atoms with Gasteiger partial charge in [-0.3, -0.25) is 0 Å². The summed E-state index contributed by atoms with van der Waals surface area (Å²) in [6.45, 7) is 18.4. The summed E-state index contributed by atoms with van der Waals surface area (Å²) in [7, 11) is 0. The summed E-state index contributed by atoms with van der Waals surface area (Å²) in [6.07, 6.45) is 12.8. The second-order valence-corrected chi connectivity index (χ2v) is 25.9. The third-order valence-electron chi connectivity index (χ3n) is 10.3. The predicted molar refractivity (Wildman–Crippen MR) is 268 cm³/mol. The summed E-state index contributed by atoms with van der Waals surface area (Å²) in [6, 6.07) is 23.8. The lowest BCUT2D eigenvalue weighted by molar-refractivity contribution is 0.587. The van der Waals surface area contributed by atoms with Gasteiger partial charge in [0.2, 0.25) is 0 Å². The number of thiophene rings is 6. The molecule has 10 heteroatoms. The van der Waals surface area contributed by atoms with E-state index in [2.05, 4.69) is 116 Å². The van der Waals surface area contributed by atoms with Gasteiger partial charge in [-0.2, -0.15) is 0 Å². The summed E-state index contributed by atoms with van der Waals surface area (Å²) < 4.78 is 0. The number of aryl methyl sites for hydroxylation is 2. The van der Waals surface area contributed by atoms with Crippen molar-refractivity contribution in [2.45, 2.75) is 130 Å². The molecule has 0 spiro atoms. The van der Waals surface area contributed by atoms with Gasteiger partial charge in [0.15, 0.2) is 9.66 Å². The van der Waals surface area contributed by atoms with E-state index in [1.54, 1.807) is 22.7 Å². The van der Waals surface area contributed by atoms with E-state index in [0.717, 1.165) is 19.7 Å². The van der Waals surface area contributed by atoms with Crippen molar-refractivity contribution in [1.29, 1.82) is 0 Å². The predicted octanol–water partition coefficient (Wildman–Crippen LogP) is 19.0. The zero-order chi connectivity index (χ0) is 40.6. The van der Waals surface area contributed by atoms with Gasteiger partial charge in [0.05, 0.1) is 14.6 Å². The van der Waals surface area contributed by atoms with Crippen LogP contribution in [0.3, 0.4) is 0 Å². The van der Waals surface area contributed by atoms with Crippen LogP contribution in [0.4, 0.5) is 0 Å². The third kappa shape index (κ3) is 9.45. The van der Waals surface area contributed by atoms with Gasteiger partial charge in [-0.15, -0.1) is 68.0 Å². The minimum absolute atomic E-state index is 0.0197. The molecule has 0 saturated carbocycles. The van der Waals surface area contributed by atoms with Gasteiger partial charge in [-0.1, -0.05) is 117 Å². The van der Waals surface area contributed by atoms with Gasteiger partial charge >= 0.3 is 0 Å². The van der Waals surface area contributed by atoms with Crippen LogP contribution in [0, 0.1) is 0 Å². The average molecular weight is 916 g/mol. The normalized spacial score (nSPS) is 12.5. The van der Waals surface area contributed by atoms with Crippen molar-refractivity contribution in [2.24, 2.45) is 0 Å². The molecule has 8 aromatic rings. The monoisotopic (exact) mass is 914 g/mol. The highest BCUT2D eigenvalue weighted by atomic mass is 32.1. The Hall–Kier alpha value is -2.28. The van der Waals surface area contributed by atoms with E-state index in [4.69, 9.17) is 9.97 Å². The zero-order valence-electron chi connectivity index (χ0n) is 35.0. The Kier molecular flexibility index (Phi) is 13.1. The first-order valence-corrected chi connectivity index (χ1v) is 27.4. The molecule has 8 aromatic heterocycles. The quantitative estimate of drug-likeness (QED) is 0.0903. The number of nitrogens with zero attached hydrogens (tertiary/aromatic N) is 2. The topological polar surface area (TPSA) is 25.8 Å². The van der Waals surface area contributed by atoms with Gasteiger partial charge in [0.25, 0.3) is 0 Å². The van der Waals surface area contributed by atoms with Crippen LogP contribution in [-0.4, -0.2) is 9.97 Å². The molecule has 8 rings (SSSR count). The molecule has 2 nitrogen and oxygen atoms in total. The van der Waals surface area contributed by atoms with E-state index in [0.29, 0.717) is 0 Å². The Balaban J connectivity index is 1.19. The van der Waals surface area contributed by atoms with E-state index in [-0.39, 0.29) is 10.8 Å². The first kappa shape index (κ1) is 42.4. The lowest BCUT2D eigenvalue weighted by Gasteiger charge is -2.15. The van der Waals surface area contributed by atoms with Gasteiger partial charge in [-0.05, 0) is 91.8 Å². The number of rotatable bonds is 16. The molecule has 0 amide bonds. The van der Waals surface area contributed by atoms with Crippen molar-refractivity contribution in [1.82, 2.24) is 9.97 Å². The van der Waals surface area contributed by atoms with Crippen LogP contribution < -0.4 is 0 Å². The van der Waals surface area contributed by atoms with Crippen LogP contribution >= 0.6 is 90.7 Å². The van der Waals surface area contributed by atoms with Crippen molar-refractivity contribution in [3.05, 3.63) is 80.3 Å². The molecule has 0 atom stereocenters. The number of hydrogen-bond acceptors (Lipinski definition) is 10. The van der Waals surface area contributed by atoms with Crippen molar-refractivity contribution in [3.63, 3.8) is 0 Å². The van der Waals surface area contributed by atoms with Crippen LogP contribution in [0.1, 0.15) is 126 Å². The summed E-state index contributed by atoms with van der Waals surface area (Å²) in [5, 5.41) is 2.23. The maximum atomic E-state index is 5.24. The molecule has 0 radical (unpaired) electrons. The number of unbranched alkanes of at least 4 members (excludes halogenated alkanes) is 6. The largest absolute Gasteiger partial charge is 0.228 e. The SMILES string of the molecule is CCCCCCc1ccc(-c2ccc(-c3cc(-c4nc5sc(C(C)(C)C)nc5s4)sc3-c3sc(C(C)(C)C)cc3-c3ccc(-c4ccc(CCCCCC)s4)s3)s2)s1. The molecule has 0 aromatic carbocycles. The molecule has 0 unspecified atom stereocenters. The first-order chi connectivity index (χ1) is 27.9. The molecule has 8 heterocycles. The molecule has 0 aliphatic carbocycles. The minimum Gasteiger partial charge on any atom is -0.228 e. The zero-order valence-corrected chi connectivity index (χ0v) is 41.5. The van der Waals surface area contributed by atoms with Crippen molar-refractivity contribution in [2.75, 3.05) is 0 Å². The van der Waals surface area contributed by atoms with Crippen molar-refractivity contribution < 1.29 is 0 Å². The highest BCUT2D eigenvalue weighted by molar-refractivity contribution is 7.32. The summed E-state index contributed by atoms with van der Waals surface area (Å²) in [4.78, 5) is 29.0. The van der Waals surface area contributed by atoms with Gasteiger partial charge in [-0.25, -0.2) is 9.97 Å². The van der Waals surface area contributed by atoms with E-state index in [9.17, 15) is 0 Å². The van der Waals surface area contributed by atoms with Crippen molar-refractivity contribution in [3.8, 4) is 60.0 Å².